The molecule has 1 aromatic carbocycles. The third-order valence-electron chi connectivity index (χ3n) is 5.92. The Bertz CT molecular complexity index is 1250. The van der Waals surface area contributed by atoms with Crippen LogP contribution in [-0.4, -0.2) is 57.1 Å². The van der Waals surface area contributed by atoms with Crippen molar-refractivity contribution in [2.24, 2.45) is 0 Å². The Balaban J connectivity index is 1.32. The van der Waals surface area contributed by atoms with Crippen molar-refractivity contribution in [1.29, 1.82) is 0 Å². The number of amides is 1. The standard InChI is InChI=1S/C22H25N5O4S2/c1-13-14(2)33-21-19(13)20(28)23-18(24-21)12-32-15(3)22(29)26-10-8-25(9-11-26)16-4-6-17(7-5-16)27(30)31/h4-7,15H,8-12H2,1-3H3,(H,23,24,28)/t15-/m1/s1. The van der Waals surface area contributed by atoms with Gasteiger partial charge in [0.05, 0.1) is 21.3 Å². The molecule has 4 rings (SSSR count). The van der Waals surface area contributed by atoms with Gasteiger partial charge in [-0.05, 0) is 38.5 Å². The Morgan fingerprint density at radius 1 is 1.24 bits per heavy atom. The molecule has 1 saturated heterocycles. The van der Waals surface area contributed by atoms with Crippen molar-refractivity contribution in [2.75, 3.05) is 31.1 Å². The fraction of sp³-hybridized carbons (Fsp3) is 0.409. The Kier molecular flexibility index (Phi) is 6.71. The van der Waals surface area contributed by atoms with Crippen LogP contribution in [0.3, 0.4) is 0 Å². The maximum atomic E-state index is 12.9. The monoisotopic (exact) mass is 487 g/mol. The number of carbonyl (C=O) groups excluding carboxylic acids is 1. The summed E-state index contributed by atoms with van der Waals surface area (Å²) in [6.07, 6.45) is 0. The van der Waals surface area contributed by atoms with Crippen LogP contribution < -0.4 is 10.5 Å². The molecule has 1 fully saturated rings. The molecule has 0 unspecified atom stereocenters. The molecule has 0 radical (unpaired) electrons. The molecule has 1 amide bonds. The maximum Gasteiger partial charge on any atom is 0.269 e. The highest BCUT2D eigenvalue weighted by atomic mass is 32.2. The topological polar surface area (TPSA) is 112 Å². The van der Waals surface area contributed by atoms with Crippen LogP contribution >= 0.6 is 23.1 Å². The summed E-state index contributed by atoms with van der Waals surface area (Å²) in [6.45, 7) is 8.32. The molecular weight excluding hydrogens is 462 g/mol. The molecule has 11 heteroatoms. The number of nitrogens with one attached hydrogen (secondary N) is 1. The fourth-order valence-electron chi connectivity index (χ4n) is 3.87. The molecule has 2 aromatic heterocycles. The van der Waals surface area contributed by atoms with E-state index in [1.54, 1.807) is 12.1 Å². The normalized spacial score (nSPS) is 15.1. The fourth-order valence-corrected chi connectivity index (χ4v) is 5.76. The van der Waals surface area contributed by atoms with E-state index in [0.717, 1.165) is 21.0 Å². The molecule has 0 aliphatic carbocycles. The van der Waals surface area contributed by atoms with Gasteiger partial charge in [-0.15, -0.1) is 23.1 Å². The van der Waals surface area contributed by atoms with Gasteiger partial charge < -0.3 is 14.8 Å². The lowest BCUT2D eigenvalue weighted by Crippen LogP contribution is -2.50. The lowest BCUT2D eigenvalue weighted by molar-refractivity contribution is -0.384. The first kappa shape index (κ1) is 23.2. The number of aromatic amines is 1. The molecule has 9 nitrogen and oxygen atoms in total. The summed E-state index contributed by atoms with van der Waals surface area (Å²) < 4.78 is 0. The molecule has 1 aliphatic rings. The third kappa shape index (κ3) is 4.88. The number of carbonyl (C=O) groups is 1. The Hall–Kier alpha value is -2.92. The number of nitro benzene ring substituents is 1. The van der Waals surface area contributed by atoms with Gasteiger partial charge >= 0.3 is 0 Å². The minimum absolute atomic E-state index is 0.0644. The maximum absolute atomic E-state index is 12.9. The molecule has 0 bridgehead atoms. The van der Waals surface area contributed by atoms with Gasteiger partial charge in [0, 0.05) is 48.9 Å². The lowest BCUT2D eigenvalue weighted by atomic mass is 10.2. The Labute approximate surface area is 199 Å². The second-order valence-electron chi connectivity index (χ2n) is 8.02. The van der Waals surface area contributed by atoms with Crippen molar-refractivity contribution in [3.8, 4) is 0 Å². The zero-order valence-electron chi connectivity index (χ0n) is 18.7. The van der Waals surface area contributed by atoms with E-state index in [0.29, 0.717) is 43.1 Å². The van der Waals surface area contributed by atoms with Crippen LogP contribution in [0, 0.1) is 24.0 Å². The Morgan fingerprint density at radius 3 is 2.55 bits per heavy atom. The van der Waals surface area contributed by atoms with Gasteiger partial charge in [-0.2, -0.15) is 0 Å². The van der Waals surface area contributed by atoms with Crippen LogP contribution in [0.2, 0.25) is 0 Å². The molecule has 1 aliphatic heterocycles. The van der Waals surface area contributed by atoms with Crippen LogP contribution in [0.1, 0.15) is 23.2 Å². The third-order valence-corrected chi connectivity index (χ3v) is 8.17. The number of thiophene rings is 1. The van der Waals surface area contributed by atoms with Gasteiger partial charge in [0.15, 0.2) is 0 Å². The van der Waals surface area contributed by atoms with E-state index < -0.39 is 4.92 Å². The van der Waals surface area contributed by atoms with Crippen LogP contribution in [0.5, 0.6) is 0 Å². The zero-order valence-corrected chi connectivity index (χ0v) is 20.3. The Morgan fingerprint density at radius 2 is 1.91 bits per heavy atom. The van der Waals surface area contributed by atoms with E-state index in [-0.39, 0.29) is 22.4 Å². The van der Waals surface area contributed by atoms with Crippen molar-refractivity contribution >= 4 is 50.6 Å². The lowest BCUT2D eigenvalue weighted by Gasteiger charge is -2.37. The molecule has 33 heavy (non-hydrogen) atoms. The molecular formula is C22H25N5O4S2. The van der Waals surface area contributed by atoms with E-state index in [1.165, 1.54) is 35.2 Å². The number of aromatic nitrogens is 2. The van der Waals surface area contributed by atoms with Crippen molar-refractivity contribution < 1.29 is 9.72 Å². The summed E-state index contributed by atoms with van der Waals surface area (Å²) in [5, 5.41) is 11.2. The number of fused-ring (bicyclic) bond motifs is 1. The van der Waals surface area contributed by atoms with Crippen LogP contribution in [0.25, 0.3) is 10.2 Å². The van der Waals surface area contributed by atoms with Gasteiger partial charge in [0.1, 0.15) is 10.7 Å². The number of rotatable bonds is 6. The van der Waals surface area contributed by atoms with Crippen molar-refractivity contribution in [3.05, 3.63) is 61.0 Å². The van der Waals surface area contributed by atoms with Crippen LogP contribution in [-0.2, 0) is 10.5 Å². The second kappa shape index (κ2) is 9.52. The quantitative estimate of drug-likeness (QED) is 0.418. The van der Waals surface area contributed by atoms with Crippen molar-refractivity contribution in [1.82, 2.24) is 14.9 Å². The first-order chi connectivity index (χ1) is 15.7. The summed E-state index contributed by atoms with van der Waals surface area (Å²) in [5.41, 5.74) is 1.83. The highest BCUT2D eigenvalue weighted by Gasteiger charge is 2.26. The van der Waals surface area contributed by atoms with E-state index in [9.17, 15) is 19.7 Å². The van der Waals surface area contributed by atoms with Crippen molar-refractivity contribution in [3.63, 3.8) is 0 Å². The predicted molar refractivity (Wildman–Crippen MR) is 132 cm³/mol. The van der Waals surface area contributed by atoms with Crippen LogP contribution in [0.15, 0.2) is 29.1 Å². The number of benzene rings is 1. The van der Waals surface area contributed by atoms with Gasteiger partial charge in [-0.3, -0.25) is 19.7 Å². The summed E-state index contributed by atoms with van der Waals surface area (Å²) >= 11 is 2.98. The molecule has 1 atom stereocenters. The molecule has 0 saturated carbocycles. The highest BCUT2D eigenvalue weighted by Crippen LogP contribution is 2.27. The van der Waals surface area contributed by atoms with Crippen molar-refractivity contribution in [2.45, 2.75) is 31.8 Å². The average Bonchev–Trinajstić information content (AvgIpc) is 3.10. The second-order valence-corrected chi connectivity index (χ2v) is 10.5. The van der Waals surface area contributed by atoms with Gasteiger partial charge in [-0.1, -0.05) is 0 Å². The molecule has 3 heterocycles. The summed E-state index contributed by atoms with van der Waals surface area (Å²) in [4.78, 5) is 49.1. The number of hydrogen-bond acceptors (Lipinski definition) is 8. The summed E-state index contributed by atoms with van der Waals surface area (Å²) in [6, 6.07) is 6.49. The highest BCUT2D eigenvalue weighted by molar-refractivity contribution is 7.99. The number of non-ortho nitro benzene ring substituents is 1. The first-order valence-corrected chi connectivity index (χ1v) is 12.5. The zero-order chi connectivity index (χ0) is 23.7. The smallest absolute Gasteiger partial charge is 0.269 e. The number of hydrogen-bond donors (Lipinski definition) is 1. The van der Waals surface area contributed by atoms with Gasteiger partial charge in [0.25, 0.3) is 11.2 Å². The van der Waals surface area contributed by atoms with Crippen LogP contribution in [0.4, 0.5) is 11.4 Å². The average molecular weight is 488 g/mol. The molecule has 1 N–H and O–H groups in total. The number of nitro groups is 1. The number of thioether (sulfide) groups is 1. The number of H-pyrrole nitrogens is 1. The molecule has 174 valence electrons. The summed E-state index contributed by atoms with van der Waals surface area (Å²) in [7, 11) is 0. The van der Waals surface area contributed by atoms with E-state index in [2.05, 4.69) is 14.9 Å². The molecule has 3 aromatic rings. The number of piperazine rings is 1. The van der Waals surface area contributed by atoms with Gasteiger partial charge in [-0.25, -0.2) is 4.98 Å². The van der Waals surface area contributed by atoms with E-state index in [1.807, 2.05) is 25.7 Å². The first-order valence-electron chi connectivity index (χ1n) is 10.6. The predicted octanol–water partition coefficient (Wildman–Crippen LogP) is 3.48. The molecule has 0 spiro atoms. The summed E-state index contributed by atoms with van der Waals surface area (Å²) in [5.74, 6) is 1.10. The minimum Gasteiger partial charge on any atom is -0.368 e. The number of aryl methyl sites for hydroxylation is 2. The number of anilines is 1. The van der Waals surface area contributed by atoms with Gasteiger partial charge in [0.2, 0.25) is 5.91 Å². The number of nitrogens with zero attached hydrogens (tertiary/aromatic N) is 4. The minimum atomic E-state index is -0.412. The largest absolute Gasteiger partial charge is 0.368 e. The SMILES string of the molecule is Cc1sc2nc(CS[C@H](C)C(=O)N3CCN(c4ccc([N+](=O)[O-])cc4)CC3)[nH]c(=O)c2c1C. The van der Waals surface area contributed by atoms with E-state index in [4.69, 9.17) is 0 Å². The van der Waals surface area contributed by atoms with E-state index >= 15 is 0 Å².